The molecule has 0 spiro atoms. The molecule has 1 aliphatic rings. The Bertz CT molecular complexity index is 787. The van der Waals surface area contributed by atoms with Crippen LogP contribution in [0.1, 0.15) is 35.3 Å². The SMILES string of the molecule is O=C(Nc1ccc(Cl)cc1C(F)(F)F)c1ccc(N2CCCCC2)cn1. The van der Waals surface area contributed by atoms with Crippen molar-refractivity contribution < 1.29 is 18.0 Å². The number of amides is 1. The summed E-state index contributed by atoms with van der Waals surface area (Å²) in [4.78, 5) is 18.6. The number of carbonyl (C=O) groups is 1. The fourth-order valence-corrected chi connectivity index (χ4v) is 3.08. The number of aromatic nitrogens is 1. The standard InChI is InChI=1S/C18H17ClF3N3O/c19-12-4-6-15(14(10-12)18(20,21)22)24-17(26)16-7-5-13(11-23-16)25-8-2-1-3-9-25/h4-7,10-11H,1-3,8-9H2,(H,24,26). The van der Waals surface area contributed by atoms with Crippen molar-refractivity contribution in [3.63, 3.8) is 0 Å². The van der Waals surface area contributed by atoms with E-state index in [1.807, 2.05) is 0 Å². The molecular formula is C18H17ClF3N3O. The maximum Gasteiger partial charge on any atom is 0.418 e. The minimum absolute atomic E-state index is 0.0498. The second kappa shape index (κ2) is 7.53. The van der Waals surface area contributed by atoms with Crippen molar-refractivity contribution in [3.05, 3.63) is 52.8 Å². The molecule has 0 unspecified atom stereocenters. The summed E-state index contributed by atoms with van der Waals surface area (Å²) in [5.74, 6) is -0.706. The Morgan fingerprint density at radius 2 is 1.85 bits per heavy atom. The highest BCUT2D eigenvalue weighted by molar-refractivity contribution is 6.30. The molecule has 8 heteroatoms. The quantitative estimate of drug-likeness (QED) is 0.811. The van der Waals surface area contributed by atoms with Crippen molar-refractivity contribution in [1.29, 1.82) is 0 Å². The Labute approximate surface area is 154 Å². The summed E-state index contributed by atoms with van der Waals surface area (Å²) < 4.78 is 39.3. The van der Waals surface area contributed by atoms with Crippen LogP contribution in [-0.2, 0) is 6.18 Å². The zero-order valence-electron chi connectivity index (χ0n) is 13.8. The Hall–Kier alpha value is -2.28. The Morgan fingerprint density at radius 3 is 2.46 bits per heavy atom. The van der Waals surface area contributed by atoms with E-state index in [9.17, 15) is 18.0 Å². The molecule has 2 aromatic rings. The van der Waals surface area contributed by atoms with Crippen molar-refractivity contribution in [2.45, 2.75) is 25.4 Å². The largest absolute Gasteiger partial charge is 0.418 e. The highest BCUT2D eigenvalue weighted by atomic mass is 35.5. The Kier molecular flexibility index (Phi) is 5.36. The van der Waals surface area contributed by atoms with Gasteiger partial charge in [0.1, 0.15) is 5.69 Å². The molecule has 2 heterocycles. The molecule has 1 aromatic heterocycles. The van der Waals surface area contributed by atoms with Gasteiger partial charge in [0.05, 0.1) is 23.1 Å². The number of rotatable bonds is 3. The van der Waals surface area contributed by atoms with Gasteiger partial charge in [0.15, 0.2) is 0 Å². The fraction of sp³-hybridized carbons (Fsp3) is 0.333. The normalized spacial score (nSPS) is 15.0. The van der Waals surface area contributed by atoms with Crippen LogP contribution in [0.2, 0.25) is 5.02 Å². The Balaban J connectivity index is 1.76. The molecule has 1 fully saturated rings. The molecule has 1 aliphatic heterocycles. The number of benzene rings is 1. The van der Waals surface area contributed by atoms with E-state index >= 15 is 0 Å². The maximum absolute atomic E-state index is 13.1. The van der Waals surface area contributed by atoms with Crippen LogP contribution < -0.4 is 10.2 Å². The van der Waals surface area contributed by atoms with E-state index in [1.54, 1.807) is 12.3 Å². The summed E-state index contributed by atoms with van der Waals surface area (Å²) in [6, 6.07) is 6.48. The average Bonchev–Trinajstić information content (AvgIpc) is 2.63. The lowest BCUT2D eigenvalue weighted by molar-refractivity contribution is -0.136. The van der Waals surface area contributed by atoms with E-state index in [4.69, 9.17) is 11.6 Å². The number of nitrogens with zero attached hydrogens (tertiary/aromatic N) is 2. The molecule has 0 radical (unpaired) electrons. The first-order valence-electron chi connectivity index (χ1n) is 8.24. The van der Waals surface area contributed by atoms with E-state index in [0.717, 1.165) is 43.8 Å². The van der Waals surface area contributed by atoms with Crippen LogP contribution in [0.15, 0.2) is 36.5 Å². The van der Waals surface area contributed by atoms with E-state index in [0.29, 0.717) is 0 Å². The van der Waals surface area contributed by atoms with E-state index in [1.165, 1.54) is 18.6 Å². The zero-order valence-corrected chi connectivity index (χ0v) is 14.6. The first kappa shape index (κ1) is 18.5. The zero-order chi connectivity index (χ0) is 18.7. The van der Waals surface area contributed by atoms with Crippen LogP contribution in [0, 0.1) is 0 Å². The van der Waals surface area contributed by atoms with Crippen molar-refractivity contribution in [2.75, 3.05) is 23.3 Å². The van der Waals surface area contributed by atoms with Crippen LogP contribution in [0.25, 0.3) is 0 Å². The minimum atomic E-state index is -4.63. The molecule has 0 bridgehead atoms. The van der Waals surface area contributed by atoms with Gasteiger partial charge >= 0.3 is 6.18 Å². The van der Waals surface area contributed by atoms with Crippen molar-refractivity contribution in [1.82, 2.24) is 4.98 Å². The van der Waals surface area contributed by atoms with Gasteiger partial charge in [0.25, 0.3) is 5.91 Å². The summed E-state index contributed by atoms with van der Waals surface area (Å²) in [5.41, 5.74) is -0.394. The van der Waals surface area contributed by atoms with Gasteiger partial charge in [0, 0.05) is 18.1 Å². The third-order valence-corrected chi connectivity index (χ3v) is 4.47. The summed E-state index contributed by atoms with van der Waals surface area (Å²) >= 11 is 5.64. The summed E-state index contributed by atoms with van der Waals surface area (Å²) in [7, 11) is 0. The average molecular weight is 384 g/mol. The van der Waals surface area contributed by atoms with Gasteiger partial charge in [-0.3, -0.25) is 4.79 Å². The van der Waals surface area contributed by atoms with Crippen molar-refractivity contribution in [3.8, 4) is 0 Å². The van der Waals surface area contributed by atoms with Crippen LogP contribution in [0.3, 0.4) is 0 Å². The lowest BCUT2D eigenvalue weighted by Crippen LogP contribution is -2.29. The molecule has 26 heavy (non-hydrogen) atoms. The fourth-order valence-electron chi connectivity index (χ4n) is 2.91. The number of piperidine rings is 1. The molecule has 1 amide bonds. The molecule has 0 saturated carbocycles. The number of carbonyl (C=O) groups excluding carboxylic acids is 1. The predicted octanol–water partition coefficient (Wildman–Crippen LogP) is 5.00. The van der Waals surface area contributed by atoms with Gasteiger partial charge in [-0.25, -0.2) is 4.98 Å². The lowest BCUT2D eigenvalue weighted by Gasteiger charge is -2.28. The molecule has 4 nitrogen and oxygen atoms in total. The maximum atomic E-state index is 13.1. The van der Waals surface area contributed by atoms with Crippen molar-refractivity contribution in [2.24, 2.45) is 0 Å². The highest BCUT2D eigenvalue weighted by Crippen LogP contribution is 2.36. The summed E-state index contributed by atoms with van der Waals surface area (Å²) in [6.07, 6.45) is 0.372. The number of halogens is 4. The van der Waals surface area contributed by atoms with Crippen LogP contribution in [0.4, 0.5) is 24.5 Å². The molecule has 1 N–H and O–H groups in total. The number of anilines is 2. The molecule has 138 valence electrons. The number of hydrogen-bond acceptors (Lipinski definition) is 3. The van der Waals surface area contributed by atoms with Gasteiger partial charge in [-0.05, 0) is 49.6 Å². The molecule has 0 atom stereocenters. The van der Waals surface area contributed by atoms with Crippen LogP contribution in [-0.4, -0.2) is 24.0 Å². The van der Waals surface area contributed by atoms with Crippen LogP contribution >= 0.6 is 11.6 Å². The highest BCUT2D eigenvalue weighted by Gasteiger charge is 2.34. The van der Waals surface area contributed by atoms with E-state index in [2.05, 4.69) is 15.2 Å². The van der Waals surface area contributed by atoms with Crippen molar-refractivity contribution >= 4 is 28.9 Å². The summed E-state index contributed by atoms with van der Waals surface area (Å²) in [6.45, 7) is 1.87. The summed E-state index contributed by atoms with van der Waals surface area (Å²) in [5, 5.41) is 2.21. The monoisotopic (exact) mass is 383 g/mol. The topological polar surface area (TPSA) is 45.2 Å². The second-order valence-corrected chi connectivity index (χ2v) is 6.53. The van der Waals surface area contributed by atoms with E-state index < -0.39 is 17.6 Å². The van der Waals surface area contributed by atoms with Crippen LogP contribution in [0.5, 0.6) is 0 Å². The lowest BCUT2D eigenvalue weighted by atomic mass is 10.1. The number of pyridine rings is 1. The predicted molar refractivity (Wildman–Crippen MR) is 94.7 cm³/mol. The number of hydrogen-bond donors (Lipinski definition) is 1. The smallest absolute Gasteiger partial charge is 0.370 e. The first-order chi connectivity index (χ1) is 12.3. The first-order valence-corrected chi connectivity index (χ1v) is 8.61. The van der Waals surface area contributed by atoms with E-state index in [-0.39, 0.29) is 16.4 Å². The number of alkyl halides is 3. The molecule has 0 aliphatic carbocycles. The minimum Gasteiger partial charge on any atom is -0.370 e. The van der Waals surface area contributed by atoms with Gasteiger partial charge < -0.3 is 10.2 Å². The second-order valence-electron chi connectivity index (χ2n) is 6.09. The number of nitrogens with one attached hydrogen (secondary N) is 1. The third kappa shape index (κ3) is 4.27. The molecule has 3 rings (SSSR count). The molecule has 1 aromatic carbocycles. The Morgan fingerprint density at radius 1 is 1.12 bits per heavy atom. The van der Waals surface area contributed by atoms with Gasteiger partial charge in [-0.2, -0.15) is 13.2 Å². The third-order valence-electron chi connectivity index (χ3n) is 4.24. The molecular weight excluding hydrogens is 367 g/mol. The van der Waals surface area contributed by atoms with Gasteiger partial charge in [-0.1, -0.05) is 11.6 Å². The van der Waals surface area contributed by atoms with Gasteiger partial charge in [0.2, 0.25) is 0 Å². The molecule has 1 saturated heterocycles. The van der Waals surface area contributed by atoms with Gasteiger partial charge in [-0.15, -0.1) is 0 Å².